The van der Waals surface area contributed by atoms with Crippen LogP contribution in [0.5, 0.6) is 0 Å². The summed E-state index contributed by atoms with van der Waals surface area (Å²) in [6.45, 7) is 1.90. The number of hydrogen-bond acceptors (Lipinski definition) is 4. The molecule has 0 saturated carbocycles. The van der Waals surface area contributed by atoms with Gasteiger partial charge in [0, 0.05) is 7.05 Å². The van der Waals surface area contributed by atoms with Gasteiger partial charge in [0.1, 0.15) is 0 Å². The molecule has 0 aromatic carbocycles. The van der Waals surface area contributed by atoms with E-state index in [0.717, 1.165) is 0 Å². The van der Waals surface area contributed by atoms with Crippen molar-refractivity contribution in [2.24, 2.45) is 0 Å². The van der Waals surface area contributed by atoms with Crippen molar-refractivity contribution in [1.29, 1.82) is 0 Å². The summed E-state index contributed by atoms with van der Waals surface area (Å²) < 4.78 is 0. The molecule has 0 fully saturated rings. The number of amides is 1. The van der Waals surface area contributed by atoms with Gasteiger partial charge in [-0.3, -0.25) is 0 Å². The molecule has 10 heavy (non-hydrogen) atoms. The Morgan fingerprint density at radius 1 is 1.70 bits per heavy atom. The van der Waals surface area contributed by atoms with Gasteiger partial charge in [0.15, 0.2) is 0 Å². The quantitative estimate of drug-likeness (QED) is 0.472. The highest BCUT2D eigenvalue weighted by atomic mass is 32.2. The van der Waals surface area contributed by atoms with Crippen LogP contribution in [0, 0.1) is 0 Å². The maximum absolute atomic E-state index is 10.4. The average molecular weight is 164 g/mol. The molecule has 0 saturated heterocycles. The molecular weight excluding hydrogens is 152 g/mol. The van der Waals surface area contributed by atoms with Crippen LogP contribution in [0.15, 0.2) is 0 Å². The zero-order valence-electron chi connectivity index (χ0n) is 6.30. The normalized spacial score (nSPS) is 12.3. The highest BCUT2D eigenvalue weighted by Gasteiger charge is 2.00. The molecule has 0 aliphatic rings. The molecule has 0 heterocycles. The van der Waals surface area contributed by atoms with Gasteiger partial charge in [-0.15, -0.1) is 17.2 Å². The molecule has 0 spiro atoms. The van der Waals surface area contributed by atoms with Crippen LogP contribution in [0.4, 0.5) is 4.79 Å². The minimum absolute atomic E-state index is 0.122. The van der Waals surface area contributed by atoms with Crippen molar-refractivity contribution in [3.8, 4) is 0 Å². The van der Waals surface area contributed by atoms with E-state index in [2.05, 4.69) is 15.6 Å². The Hall–Kier alpha value is -0.420. The highest BCUT2D eigenvalue weighted by Crippen LogP contribution is 1.99. The van der Waals surface area contributed by atoms with Gasteiger partial charge >= 0.3 is 6.09 Å². The van der Waals surface area contributed by atoms with E-state index >= 15 is 0 Å². The molecule has 0 bridgehead atoms. The van der Waals surface area contributed by atoms with Crippen LogP contribution in [-0.4, -0.2) is 24.8 Å². The lowest BCUT2D eigenvalue weighted by Crippen LogP contribution is -2.31. The molecule has 0 aromatic heterocycles. The summed E-state index contributed by atoms with van der Waals surface area (Å²) in [5.74, 6) is 0. The molecule has 1 atom stereocenters. The van der Waals surface area contributed by atoms with Crippen LogP contribution >= 0.6 is 11.8 Å². The maximum atomic E-state index is 10.4. The lowest BCUT2D eigenvalue weighted by atomic mass is 10.8. The number of rotatable bonds is 3. The van der Waals surface area contributed by atoms with Crippen molar-refractivity contribution in [3.63, 3.8) is 0 Å². The van der Waals surface area contributed by atoms with Crippen molar-refractivity contribution in [2.75, 3.05) is 13.3 Å². The second-order valence-electron chi connectivity index (χ2n) is 1.64. The smallest absolute Gasteiger partial charge is 0.353 e. The molecule has 0 aliphatic carbocycles. The topological polar surface area (TPSA) is 50.4 Å². The van der Waals surface area contributed by atoms with Crippen LogP contribution in [0.25, 0.3) is 0 Å². The molecular formula is C5H12N2O2S. The average Bonchev–Trinajstić information content (AvgIpc) is 1.99. The Labute approximate surface area is 64.7 Å². The lowest BCUT2D eigenvalue weighted by Gasteiger charge is -2.09. The number of carbonyl (C=O) groups is 1. The van der Waals surface area contributed by atoms with Gasteiger partial charge in [0.25, 0.3) is 0 Å². The summed E-state index contributed by atoms with van der Waals surface area (Å²) in [5, 5.41) is 2.43. The first-order valence-corrected chi connectivity index (χ1v) is 4.16. The molecule has 0 radical (unpaired) electrons. The first kappa shape index (κ1) is 9.58. The molecule has 2 N–H and O–H groups in total. The second-order valence-corrected chi connectivity index (χ2v) is 2.81. The van der Waals surface area contributed by atoms with E-state index < -0.39 is 6.09 Å². The Balaban J connectivity index is 3.26. The third-order valence-corrected chi connectivity index (χ3v) is 1.68. The first-order chi connectivity index (χ1) is 4.70. The van der Waals surface area contributed by atoms with Gasteiger partial charge in [-0.25, -0.2) is 4.79 Å². The van der Waals surface area contributed by atoms with Gasteiger partial charge in [-0.2, -0.15) is 0 Å². The van der Waals surface area contributed by atoms with Gasteiger partial charge in [-0.1, -0.05) is 0 Å². The van der Waals surface area contributed by atoms with Gasteiger partial charge in [0.2, 0.25) is 0 Å². The maximum Gasteiger partial charge on any atom is 0.425 e. The van der Waals surface area contributed by atoms with Crippen molar-refractivity contribution >= 4 is 17.9 Å². The minimum Gasteiger partial charge on any atom is -0.353 e. The molecule has 1 unspecified atom stereocenters. The van der Waals surface area contributed by atoms with Crippen LogP contribution in [0.1, 0.15) is 6.92 Å². The summed E-state index contributed by atoms with van der Waals surface area (Å²) in [6, 6.07) is 0. The van der Waals surface area contributed by atoms with Crippen LogP contribution in [-0.2, 0) is 4.84 Å². The van der Waals surface area contributed by atoms with Gasteiger partial charge in [-0.05, 0) is 13.2 Å². The highest BCUT2D eigenvalue weighted by molar-refractivity contribution is 7.99. The Kier molecular flexibility index (Phi) is 5.15. The number of thioether (sulfide) groups is 1. The lowest BCUT2D eigenvalue weighted by molar-refractivity contribution is 0.0890. The molecule has 5 heteroatoms. The second kappa shape index (κ2) is 5.37. The summed E-state index contributed by atoms with van der Waals surface area (Å²) in [4.78, 5) is 15.0. The van der Waals surface area contributed by atoms with E-state index in [1.165, 1.54) is 7.05 Å². The minimum atomic E-state index is -0.471. The predicted molar refractivity (Wildman–Crippen MR) is 41.7 cm³/mol. The molecule has 0 aromatic rings. The molecule has 0 rings (SSSR count). The van der Waals surface area contributed by atoms with E-state index in [4.69, 9.17) is 0 Å². The Bertz CT molecular complexity index is 110. The van der Waals surface area contributed by atoms with Crippen molar-refractivity contribution in [1.82, 2.24) is 10.8 Å². The number of hydrogen-bond donors (Lipinski definition) is 2. The summed E-state index contributed by atoms with van der Waals surface area (Å²) in [6.07, 6.45) is 1.45. The molecule has 4 nitrogen and oxygen atoms in total. The van der Waals surface area contributed by atoms with E-state index in [-0.39, 0.29) is 5.37 Å². The zero-order valence-corrected chi connectivity index (χ0v) is 7.12. The Morgan fingerprint density at radius 3 is 2.70 bits per heavy atom. The van der Waals surface area contributed by atoms with E-state index in [9.17, 15) is 4.79 Å². The fourth-order valence-electron chi connectivity index (χ4n) is 0.236. The van der Waals surface area contributed by atoms with E-state index in [1.807, 2.05) is 13.2 Å². The van der Waals surface area contributed by atoms with Crippen molar-refractivity contribution in [2.45, 2.75) is 12.3 Å². The SMILES string of the molecule is CNC(=O)ONC(C)SC. The van der Waals surface area contributed by atoms with Crippen LogP contribution in [0.2, 0.25) is 0 Å². The predicted octanol–water partition coefficient (Wildman–Crippen LogP) is 0.556. The van der Waals surface area contributed by atoms with Crippen LogP contribution < -0.4 is 10.8 Å². The van der Waals surface area contributed by atoms with Gasteiger partial charge < -0.3 is 10.2 Å². The van der Waals surface area contributed by atoms with E-state index in [1.54, 1.807) is 11.8 Å². The number of hydroxylamine groups is 1. The monoisotopic (exact) mass is 164 g/mol. The molecule has 60 valence electrons. The van der Waals surface area contributed by atoms with Crippen LogP contribution in [0.3, 0.4) is 0 Å². The van der Waals surface area contributed by atoms with Gasteiger partial charge in [0.05, 0.1) is 5.37 Å². The first-order valence-electron chi connectivity index (χ1n) is 2.87. The van der Waals surface area contributed by atoms with Crippen molar-refractivity contribution < 1.29 is 9.63 Å². The van der Waals surface area contributed by atoms with Crippen molar-refractivity contribution in [3.05, 3.63) is 0 Å². The number of carbonyl (C=O) groups excluding carboxylic acids is 1. The standard InChI is InChI=1S/C5H12N2O2S/c1-4(10-3)7-9-5(8)6-2/h4,7H,1-3H3,(H,6,8). The summed E-state index contributed by atoms with van der Waals surface area (Å²) in [7, 11) is 1.51. The Morgan fingerprint density at radius 2 is 2.30 bits per heavy atom. The molecule has 0 aliphatic heterocycles. The third kappa shape index (κ3) is 4.46. The fourth-order valence-corrected chi connectivity index (χ4v) is 0.380. The third-order valence-electron chi connectivity index (χ3n) is 0.875. The fraction of sp³-hybridized carbons (Fsp3) is 0.800. The summed E-state index contributed by atoms with van der Waals surface area (Å²) >= 11 is 1.56. The number of nitrogens with one attached hydrogen (secondary N) is 2. The van der Waals surface area contributed by atoms with E-state index in [0.29, 0.717) is 0 Å². The largest absolute Gasteiger partial charge is 0.425 e. The molecule has 1 amide bonds. The summed E-state index contributed by atoms with van der Waals surface area (Å²) in [5.41, 5.74) is 2.53. The zero-order chi connectivity index (χ0) is 7.98.